The molecule has 1 saturated heterocycles. The van der Waals surface area contributed by atoms with Gasteiger partial charge in [0.15, 0.2) is 0 Å². The third-order valence-corrected chi connectivity index (χ3v) is 6.70. The highest BCUT2D eigenvalue weighted by atomic mass is 32.2. The highest BCUT2D eigenvalue weighted by Gasteiger charge is 2.24. The van der Waals surface area contributed by atoms with E-state index in [0.29, 0.717) is 6.04 Å². The van der Waals surface area contributed by atoms with Gasteiger partial charge in [0.1, 0.15) is 0 Å². The Kier molecular flexibility index (Phi) is 6.11. The lowest BCUT2D eigenvalue weighted by molar-refractivity contribution is 0.522. The van der Waals surface area contributed by atoms with Crippen molar-refractivity contribution in [2.24, 2.45) is 0 Å². The summed E-state index contributed by atoms with van der Waals surface area (Å²) in [5, 5.41) is 4.46. The third kappa shape index (κ3) is 4.44. The summed E-state index contributed by atoms with van der Waals surface area (Å²) in [6, 6.07) is 7.54. The third-order valence-electron chi connectivity index (χ3n) is 3.78. The Hall–Kier alpha value is -0.120. The molecule has 1 aromatic carbocycles. The van der Waals surface area contributed by atoms with Crippen LogP contribution in [0.1, 0.15) is 23.6 Å². The van der Waals surface area contributed by atoms with Crippen molar-refractivity contribution in [3.8, 4) is 0 Å². The number of nitrogens with one attached hydrogen (secondary N) is 1. The van der Waals surface area contributed by atoms with Gasteiger partial charge in [-0.1, -0.05) is 25.1 Å². The predicted octanol–water partition coefficient (Wildman–Crippen LogP) is 3.67. The molecule has 1 N–H and O–H groups in total. The van der Waals surface area contributed by atoms with E-state index in [1.165, 1.54) is 33.9 Å². The molecule has 2 atom stereocenters. The highest BCUT2D eigenvalue weighted by Crippen LogP contribution is 2.28. The Morgan fingerprint density at radius 1 is 1.26 bits per heavy atom. The molecule has 0 bridgehead atoms. The van der Waals surface area contributed by atoms with Gasteiger partial charge < -0.3 is 5.32 Å². The van der Waals surface area contributed by atoms with E-state index in [-0.39, 0.29) is 0 Å². The Morgan fingerprint density at radius 3 is 2.74 bits per heavy atom. The van der Waals surface area contributed by atoms with Crippen molar-refractivity contribution in [3.05, 3.63) is 34.9 Å². The number of rotatable bonds is 5. The Labute approximate surface area is 126 Å². The van der Waals surface area contributed by atoms with Crippen LogP contribution in [-0.4, -0.2) is 35.1 Å². The average molecular weight is 296 g/mol. The zero-order valence-corrected chi connectivity index (χ0v) is 13.9. The lowest BCUT2D eigenvalue weighted by Gasteiger charge is -2.30. The second kappa shape index (κ2) is 7.61. The lowest BCUT2D eigenvalue weighted by atomic mass is 9.99. The summed E-state index contributed by atoms with van der Waals surface area (Å²) in [5.74, 6) is 3.93. The molecule has 0 aliphatic carbocycles. The molecule has 1 nitrogen and oxygen atoms in total. The summed E-state index contributed by atoms with van der Waals surface area (Å²) in [5.41, 5.74) is 4.29. The molecule has 0 saturated carbocycles. The van der Waals surface area contributed by atoms with E-state index in [4.69, 9.17) is 0 Å². The molecule has 1 aliphatic rings. The quantitative estimate of drug-likeness (QED) is 0.890. The molecule has 0 spiro atoms. The number of benzene rings is 1. The van der Waals surface area contributed by atoms with Crippen molar-refractivity contribution in [2.45, 2.75) is 38.5 Å². The van der Waals surface area contributed by atoms with Gasteiger partial charge >= 0.3 is 0 Å². The molecule has 1 heterocycles. The fourth-order valence-corrected chi connectivity index (χ4v) is 5.41. The molecule has 1 aromatic rings. The maximum atomic E-state index is 3.70. The molecule has 3 heteroatoms. The van der Waals surface area contributed by atoms with Crippen LogP contribution in [0.2, 0.25) is 0 Å². The van der Waals surface area contributed by atoms with Crippen LogP contribution < -0.4 is 5.32 Å². The molecule has 2 rings (SSSR count). The highest BCUT2D eigenvalue weighted by molar-refractivity contribution is 8.06. The van der Waals surface area contributed by atoms with Crippen molar-refractivity contribution in [1.82, 2.24) is 5.32 Å². The van der Waals surface area contributed by atoms with Crippen molar-refractivity contribution in [3.63, 3.8) is 0 Å². The van der Waals surface area contributed by atoms with E-state index in [1.807, 2.05) is 0 Å². The maximum Gasteiger partial charge on any atom is 0.0295 e. The Morgan fingerprint density at radius 2 is 2.11 bits per heavy atom. The minimum Gasteiger partial charge on any atom is -0.313 e. The summed E-state index contributed by atoms with van der Waals surface area (Å²) in [6.07, 6.45) is 1.16. The fourth-order valence-electron chi connectivity index (χ4n) is 2.52. The van der Waals surface area contributed by atoms with Gasteiger partial charge in [0.05, 0.1) is 0 Å². The summed E-state index contributed by atoms with van der Waals surface area (Å²) in [6.45, 7) is 7.69. The fraction of sp³-hybridized carbons (Fsp3) is 0.625. The van der Waals surface area contributed by atoms with Gasteiger partial charge in [-0.15, -0.1) is 0 Å². The van der Waals surface area contributed by atoms with E-state index in [9.17, 15) is 0 Å². The van der Waals surface area contributed by atoms with Crippen LogP contribution in [-0.2, 0) is 6.42 Å². The molecule has 0 radical (unpaired) electrons. The van der Waals surface area contributed by atoms with Crippen LogP contribution in [0, 0.1) is 13.8 Å². The Bertz CT molecular complexity index is 400. The Balaban J connectivity index is 2.04. The first-order chi connectivity index (χ1) is 9.20. The molecular formula is C16H25NS2. The van der Waals surface area contributed by atoms with Crippen LogP contribution in [0.4, 0.5) is 0 Å². The molecule has 0 aromatic heterocycles. The first kappa shape index (κ1) is 15.3. The molecule has 1 aliphatic heterocycles. The van der Waals surface area contributed by atoms with Crippen LogP contribution >= 0.6 is 23.5 Å². The van der Waals surface area contributed by atoms with Gasteiger partial charge in [-0.2, -0.15) is 23.5 Å². The van der Waals surface area contributed by atoms with Gasteiger partial charge in [-0.05, 0) is 43.5 Å². The minimum absolute atomic E-state index is 0.616. The SMILES string of the molecule is CCNC(Cc1ccc(C)c(C)c1)C1CSCCS1. The number of thioether (sulfide) groups is 2. The van der Waals surface area contributed by atoms with E-state index < -0.39 is 0 Å². The zero-order chi connectivity index (χ0) is 13.7. The average Bonchev–Trinajstić information content (AvgIpc) is 2.43. The normalized spacial score (nSPS) is 21.3. The number of hydrogen-bond acceptors (Lipinski definition) is 3. The number of hydrogen-bond donors (Lipinski definition) is 1. The second-order valence-electron chi connectivity index (χ2n) is 5.27. The lowest BCUT2D eigenvalue weighted by Crippen LogP contribution is -2.42. The molecule has 106 valence electrons. The van der Waals surface area contributed by atoms with Gasteiger partial charge in [0.2, 0.25) is 0 Å². The number of aryl methyl sites for hydroxylation is 2. The molecule has 1 fully saturated rings. The molecule has 19 heavy (non-hydrogen) atoms. The monoisotopic (exact) mass is 295 g/mol. The smallest absolute Gasteiger partial charge is 0.0295 e. The van der Waals surface area contributed by atoms with E-state index in [1.54, 1.807) is 0 Å². The molecular weight excluding hydrogens is 270 g/mol. The van der Waals surface area contributed by atoms with E-state index >= 15 is 0 Å². The minimum atomic E-state index is 0.616. The second-order valence-corrected chi connectivity index (χ2v) is 7.77. The molecule has 2 unspecified atom stereocenters. The zero-order valence-electron chi connectivity index (χ0n) is 12.2. The van der Waals surface area contributed by atoms with Crippen LogP contribution in [0.25, 0.3) is 0 Å². The van der Waals surface area contributed by atoms with Gasteiger partial charge in [0, 0.05) is 28.6 Å². The topological polar surface area (TPSA) is 12.0 Å². The van der Waals surface area contributed by atoms with E-state index in [0.717, 1.165) is 18.2 Å². The van der Waals surface area contributed by atoms with Crippen molar-refractivity contribution in [1.29, 1.82) is 0 Å². The molecule has 0 amide bonds. The van der Waals surface area contributed by atoms with Gasteiger partial charge in [0.25, 0.3) is 0 Å². The standard InChI is InChI=1S/C16H25NS2/c1-4-17-15(16-11-18-7-8-19-16)10-14-6-5-12(2)13(3)9-14/h5-6,9,15-17H,4,7-8,10-11H2,1-3H3. The van der Waals surface area contributed by atoms with Crippen LogP contribution in [0.3, 0.4) is 0 Å². The van der Waals surface area contributed by atoms with Crippen molar-refractivity contribution in [2.75, 3.05) is 23.8 Å². The summed E-state index contributed by atoms with van der Waals surface area (Å²) >= 11 is 4.27. The first-order valence-corrected chi connectivity index (χ1v) is 9.40. The van der Waals surface area contributed by atoms with Crippen LogP contribution in [0.15, 0.2) is 18.2 Å². The van der Waals surface area contributed by atoms with E-state index in [2.05, 4.69) is 67.8 Å². The summed E-state index contributed by atoms with van der Waals surface area (Å²) in [7, 11) is 0. The van der Waals surface area contributed by atoms with Gasteiger partial charge in [-0.25, -0.2) is 0 Å². The van der Waals surface area contributed by atoms with Crippen molar-refractivity contribution >= 4 is 23.5 Å². The maximum absolute atomic E-state index is 3.70. The predicted molar refractivity (Wildman–Crippen MR) is 90.7 cm³/mol. The van der Waals surface area contributed by atoms with Gasteiger partial charge in [-0.3, -0.25) is 0 Å². The van der Waals surface area contributed by atoms with Crippen LogP contribution in [0.5, 0.6) is 0 Å². The summed E-state index contributed by atoms with van der Waals surface area (Å²) in [4.78, 5) is 0. The summed E-state index contributed by atoms with van der Waals surface area (Å²) < 4.78 is 0. The van der Waals surface area contributed by atoms with Crippen molar-refractivity contribution < 1.29 is 0 Å². The number of likely N-dealkylation sites (N-methyl/N-ethyl adjacent to an activating group) is 1. The first-order valence-electron chi connectivity index (χ1n) is 7.19. The largest absolute Gasteiger partial charge is 0.313 e.